The summed E-state index contributed by atoms with van der Waals surface area (Å²) < 4.78 is 0. The fourth-order valence-electron chi connectivity index (χ4n) is 1.45. The van der Waals surface area contributed by atoms with Crippen molar-refractivity contribution in [3.8, 4) is 0 Å². The SMILES string of the molecule is CC(C)CCc1nc2ccncc2[nH]1. The van der Waals surface area contributed by atoms with Crippen LogP contribution >= 0.6 is 0 Å². The van der Waals surface area contributed by atoms with Crippen molar-refractivity contribution in [2.45, 2.75) is 26.7 Å². The summed E-state index contributed by atoms with van der Waals surface area (Å²) >= 11 is 0. The predicted octanol–water partition coefficient (Wildman–Crippen LogP) is 2.55. The minimum Gasteiger partial charge on any atom is -0.341 e. The summed E-state index contributed by atoms with van der Waals surface area (Å²) in [5.74, 6) is 1.79. The van der Waals surface area contributed by atoms with Crippen LogP contribution < -0.4 is 0 Å². The Bertz CT molecular complexity index is 384. The summed E-state index contributed by atoms with van der Waals surface area (Å²) in [4.78, 5) is 11.8. The Morgan fingerprint density at radius 1 is 1.43 bits per heavy atom. The molecule has 2 aromatic heterocycles. The number of rotatable bonds is 3. The first kappa shape index (κ1) is 9.19. The summed E-state index contributed by atoms with van der Waals surface area (Å²) in [6.45, 7) is 4.45. The van der Waals surface area contributed by atoms with Gasteiger partial charge in [-0.05, 0) is 18.4 Å². The number of hydrogen-bond acceptors (Lipinski definition) is 2. The Kier molecular flexibility index (Phi) is 2.48. The lowest BCUT2D eigenvalue weighted by Crippen LogP contribution is -1.93. The van der Waals surface area contributed by atoms with Crippen LogP contribution in [-0.2, 0) is 6.42 Å². The minimum absolute atomic E-state index is 0.723. The van der Waals surface area contributed by atoms with Crippen LogP contribution in [0.3, 0.4) is 0 Å². The third kappa shape index (κ3) is 1.92. The van der Waals surface area contributed by atoms with Gasteiger partial charge in [-0.3, -0.25) is 4.98 Å². The van der Waals surface area contributed by atoms with Crippen LogP contribution in [-0.4, -0.2) is 15.0 Å². The quantitative estimate of drug-likeness (QED) is 0.806. The van der Waals surface area contributed by atoms with Gasteiger partial charge < -0.3 is 4.98 Å². The molecule has 0 radical (unpaired) electrons. The van der Waals surface area contributed by atoms with Gasteiger partial charge in [-0.1, -0.05) is 13.8 Å². The maximum absolute atomic E-state index is 4.49. The summed E-state index contributed by atoms with van der Waals surface area (Å²) in [7, 11) is 0. The van der Waals surface area contributed by atoms with Crippen molar-refractivity contribution in [1.29, 1.82) is 0 Å². The average Bonchev–Trinajstić information content (AvgIpc) is 2.57. The van der Waals surface area contributed by atoms with E-state index in [1.54, 1.807) is 6.20 Å². The van der Waals surface area contributed by atoms with Crippen LogP contribution in [0.2, 0.25) is 0 Å². The zero-order valence-electron chi connectivity index (χ0n) is 8.62. The monoisotopic (exact) mass is 189 g/mol. The van der Waals surface area contributed by atoms with E-state index >= 15 is 0 Å². The van der Waals surface area contributed by atoms with Gasteiger partial charge in [-0.25, -0.2) is 4.98 Å². The Morgan fingerprint density at radius 2 is 2.29 bits per heavy atom. The van der Waals surface area contributed by atoms with Crippen LogP contribution in [0.1, 0.15) is 26.1 Å². The lowest BCUT2D eigenvalue weighted by Gasteiger charge is -2.00. The third-order valence-corrected chi connectivity index (χ3v) is 2.29. The lowest BCUT2D eigenvalue weighted by atomic mass is 10.1. The summed E-state index contributed by atoms with van der Waals surface area (Å²) in [5.41, 5.74) is 2.05. The van der Waals surface area contributed by atoms with Gasteiger partial charge in [0.1, 0.15) is 5.82 Å². The molecule has 0 unspecified atom stereocenters. The van der Waals surface area contributed by atoms with Gasteiger partial charge in [0.05, 0.1) is 17.2 Å². The van der Waals surface area contributed by atoms with E-state index in [1.165, 1.54) is 6.42 Å². The topological polar surface area (TPSA) is 41.6 Å². The molecule has 0 aliphatic heterocycles. The van der Waals surface area contributed by atoms with Crippen molar-refractivity contribution in [2.75, 3.05) is 0 Å². The molecule has 74 valence electrons. The van der Waals surface area contributed by atoms with E-state index in [0.717, 1.165) is 29.2 Å². The molecule has 2 aromatic rings. The van der Waals surface area contributed by atoms with Crippen molar-refractivity contribution < 1.29 is 0 Å². The zero-order chi connectivity index (χ0) is 9.97. The molecule has 2 heterocycles. The number of fused-ring (bicyclic) bond motifs is 1. The molecule has 0 aromatic carbocycles. The number of nitrogens with zero attached hydrogens (tertiary/aromatic N) is 2. The highest BCUT2D eigenvalue weighted by atomic mass is 14.9. The molecule has 0 saturated heterocycles. The first-order valence-electron chi connectivity index (χ1n) is 5.04. The highest BCUT2D eigenvalue weighted by molar-refractivity contribution is 5.73. The standard InChI is InChI=1S/C11H15N3/c1-8(2)3-4-11-13-9-5-6-12-7-10(9)14-11/h5-8H,3-4H2,1-2H3,(H,13,14). The molecule has 3 heteroatoms. The second kappa shape index (κ2) is 3.78. The molecular weight excluding hydrogens is 174 g/mol. The number of nitrogens with one attached hydrogen (secondary N) is 1. The lowest BCUT2D eigenvalue weighted by molar-refractivity contribution is 0.577. The van der Waals surface area contributed by atoms with Crippen molar-refractivity contribution in [2.24, 2.45) is 5.92 Å². The molecule has 0 aliphatic rings. The number of pyridine rings is 1. The van der Waals surface area contributed by atoms with E-state index in [9.17, 15) is 0 Å². The molecule has 0 fully saturated rings. The van der Waals surface area contributed by atoms with Gasteiger partial charge in [0.2, 0.25) is 0 Å². The van der Waals surface area contributed by atoms with Crippen LogP contribution in [0.5, 0.6) is 0 Å². The second-order valence-corrected chi connectivity index (χ2v) is 4.01. The Balaban J connectivity index is 2.19. The van der Waals surface area contributed by atoms with Gasteiger partial charge in [-0.15, -0.1) is 0 Å². The van der Waals surface area contributed by atoms with E-state index in [1.807, 2.05) is 12.3 Å². The smallest absolute Gasteiger partial charge is 0.107 e. The third-order valence-electron chi connectivity index (χ3n) is 2.29. The van der Waals surface area contributed by atoms with E-state index in [0.29, 0.717) is 0 Å². The van der Waals surface area contributed by atoms with E-state index in [4.69, 9.17) is 0 Å². The van der Waals surface area contributed by atoms with Crippen LogP contribution in [0, 0.1) is 5.92 Å². The maximum atomic E-state index is 4.49. The predicted molar refractivity (Wildman–Crippen MR) is 57.0 cm³/mol. The highest BCUT2D eigenvalue weighted by Gasteiger charge is 2.02. The normalized spacial score (nSPS) is 11.4. The Morgan fingerprint density at radius 3 is 3.00 bits per heavy atom. The summed E-state index contributed by atoms with van der Waals surface area (Å²) in [5, 5.41) is 0. The van der Waals surface area contributed by atoms with Gasteiger partial charge in [0, 0.05) is 12.6 Å². The van der Waals surface area contributed by atoms with E-state index in [2.05, 4.69) is 28.8 Å². The van der Waals surface area contributed by atoms with E-state index in [-0.39, 0.29) is 0 Å². The number of aromatic nitrogens is 3. The molecule has 0 bridgehead atoms. The van der Waals surface area contributed by atoms with Gasteiger partial charge >= 0.3 is 0 Å². The number of aryl methyl sites for hydroxylation is 1. The maximum Gasteiger partial charge on any atom is 0.107 e. The molecule has 0 saturated carbocycles. The number of imidazole rings is 1. The first-order valence-corrected chi connectivity index (χ1v) is 5.04. The van der Waals surface area contributed by atoms with Gasteiger partial charge in [0.15, 0.2) is 0 Å². The molecule has 14 heavy (non-hydrogen) atoms. The summed E-state index contributed by atoms with van der Waals surface area (Å²) in [6.07, 6.45) is 5.79. The average molecular weight is 189 g/mol. The number of aromatic amines is 1. The number of hydrogen-bond donors (Lipinski definition) is 1. The Labute approximate surface area is 83.6 Å². The molecular formula is C11H15N3. The zero-order valence-corrected chi connectivity index (χ0v) is 8.62. The van der Waals surface area contributed by atoms with E-state index < -0.39 is 0 Å². The van der Waals surface area contributed by atoms with Gasteiger partial charge in [-0.2, -0.15) is 0 Å². The molecule has 0 atom stereocenters. The van der Waals surface area contributed by atoms with Crippen LogP contribution in [0.4, 0.5) is 0 Å². The summed E-state index contributed by atoms with van der Waals surface area (Å²) in [6, 6.07) is 1.94. The van der Waals surface area contributed by atoms with Crippen molar-refractivity contribution in [3.63, 3.8) is 0 Å². The van der Waals surface area contributed by atoms with Crippen molar-refractivity contribution >= 4 is 11.0 Å². The fraction of sp³-hybridized carbons (Fsp3) is 0.455. The van der Waals surface area contributed by atoms with Crippen molar-refractivity contribution in [1.82, 2.24) is 15.0 Å². The fourth-order valence-corrected chi connectivity index (χ4v) is 1.45. The van der Waals surface area contributed by atoms with Crippen LogP contribution in [0.15, 0.2) is 18.5 Å². The molecule has 3 nitrogen and oxygen atoms in total. The van der Waals surface area contributed by atoms with Gasteiger partial charge in [0.25, 0.3) is 0 Å². The molecule has 0 amide bonds. The first-order chi connectivity index (χ1) is 6.75. The highest BCUT2D eigenvalue weighted by Crippen LogP contribution is 2.11. The Hall–Kier alpha value is -1.38. The van der Waals surface area contributed by atoms with Crippen molar-refractivity contribution in [3.05, 3.63) is 24.3 Å². The minimum atomic E-state index is 0.723. The second-order valence-electron chi connectivity index (χ2n) is 4.01. The molecule has 0 spiro atoms. The molecule has 2 rings (SSSR count). The largest absolute Gasteiger partial charge is 0.341 e. The van der Waals surface area contributed by atoms with Crippen LogP contribution in [0.25, 0.3) is 11.0 Å². The molecule has 1 N–H and O–H groups in total. The molecule has 0 aliphatic carbocycles. The number of H-pyrrole nitrogens is 1.